The van der Waals surface area contributed by atoms with Crippen molar-refractivity contribution in [1.29, 1.82) is 0 Å². The van der Waals surface area contributed by atoms with Crippen LogP contribution in [-0.2, 0) is 11.2 Å². The fraction of sp³-hybridized carbons (Fsp3) is 0.667. The van der Waals surface area contributed by atoms with Crippen LogP contribution in [0.15, 0.2) is 36.7 Å². The Morgan fingerprint density at radius 2 is 1.32 bits per heavy atom. The number of benzene rings is 1. The van der Waals surface area contributed by atoms with Crippen molar-refractivity contribution in [2.24, 2.45) is 5.92 Å². The molecule has 0 unspecified atom stereocenters. The summed E-state index contributed by atoms with van der Waals surface area (Å²) in [6.45, 7) is 6.75. The molecule has 1 aromatic heterocycles. The van der Waals surface area contributed by atoms with Gasteiger partial charge in [0, 0.05) is 24.4 Å². The van der Waals surface area contributed by atoms with E-state index in [1.54, 1.807) is 0 Å². The Hall–Kier alpha value is -2.23. The number of aromatic nitrogens is 2. The summed E-state index contributed by atoms with van der Waals surface area (Å²) < 4.78 is 5.49. The Morgan fingerprint density at radius 1 is 0.757 bits per heavy atom. The summed E-state index contributed by atoms with van der Waals surface area (Å²) in [6, 6.07) is 7.50. The first-order valence-corrected chi connectivity index (χ1v) is 15.2. The Balaban J connectivity index is 1.58. The molecule has 0 radical (unpaired) electrons. The predicted molar refractivity (Wildman–Crippen MR) is 156 cm³/mol. The van der Waals surface area contributed by atoms with Crippen molar-refractivity contribution in [2.45, 2.75) is 136 Å². The van der Waals surface area contributed by atoms with Crippen LogP contribution >= 0.6 is 0 Å². The first-order chi connectivity index (χ1) is 18.1. The number of rotatable bonds is 21. The van der Waals surface area contributed by atoms with Crippen molar-refractivity contribution in [3.8, 4) is 17.1 Å². The minimum Gasteiger partial charge on any atom is -0.427 e. The van der Waals surface area contributed by atoms with Crippen LogP contribution in [0.2, 0.25) is 0 Å². The Labute approximate surface area is 227 Å². The second-order valence-corrected chi connectivity index (χ2v) is 10.8. The Morgan fingerprint density at radius 3 is 1.89 bits per heavy atom. The lowest BCUT2D eigenvalue weighted by Gasteiger charge is -2.08. The highest BCUT2D eigenvalue weighted by Crippen LogP contribution is 2.21. The lowest BCUT2D eigenvalue weighted by atomic mass is 10.0. The van der Waals surface area contributed by atoms with Crippen LogP contribution in [0.3, 0.4) is 0 Å². The van der Waals surface area contributed by atoms with E-state index < -0.39 is 0 Å². The molecular weight excluding hydrogens is 456 g/mol. The number of carbonyl (C=O) groups excluding carboxylic acids is 1. The third kappa shape index (κ3) is 14.3. The van der Waals surface area contributed by atoms with Crippen molar-refractivity contribution in [3.63, 3.8) is 0 Å². The smallest absolute Gasteiger partial charge is 0.311 e. The number of aryl methyl sites for hydroxylation is 1. The molecule has 0 saturated heterocycles. The number of esters is 1. The summed E-state index contributed by atoms with van der Waals surface area (Å²) in [6.07, 6.45) is 26.2. The maximum Gasteiger partial charge on any atom is 0.311 e. The second kappa shape index (κ2) is 19.8. The second-order valence-electron chi connectivity index (χ2n) is 10.8. The Kier molecular flexibility index (Phi) is 16.6. The zero-order chi connectivity index (χ0) is 26.6. The molecule has 0 bridgehead atoms. The molecule has 4 heteroatoms. The van der Waals surface area contributed by atoms with Crippen LogP contribution < -0.4 is 4.74 Å². The van der Waals surface area contributed by atoms with Gasteiger partial charge >= 0.3 is 5.97 Å². The van der Waals surface area contributed by atoms with Gasteiger partial charge in [-0.25, -0.2) is 9.97 Å². The van der Waals surface area contributed by atoms with Gasteiger partial charge in [0.2, 0.25) is 0 Å². The summed E-state index contributed by atoms with van der Waals surface area (Å²) in [7, 11) is 0. The summed E-state index contributed by atoms with van der Waals surface area (Å²) in [5, 5.41) is 0. The van der Waals surface area contributed by atoms with E-state index in [4.69, 9.17) is 4.74 Å². The molecule has 206 valence electrons. The van der Waals surface area contributed by atoms with Crippen LogP contribution in [0.4, 0.5) is 0 Å². The van der Waals surface area contributed by atoms with Gasteiger partial charge in [0.05, 0.1) is 0 Å². The van der Waals surface area contributed by atoms with Gasteiger partial charge in [0.25, 0.3) is 0 Å². The summed E-state index contributed by atoms with van der Waals surface area (Å²) in [4.78, 5) is 21.2. The van der Waals surface area contributed by atoms with Crippen LogP contribution in [0.25, 0.3) is 11.4 Å². The van der Waals surface area contributed by atoms with Crippen molar-refractivity contribution >= 4 is 5.97 Å². The van der Waals surface area contributed by atoms with E-state index in [0.717, 1.165) is 30.7 Å². The third-order valence-electron chi connectivity index (χ3n) is 7.39. The third-order valence-corrected chi connectivity index (χ3v) is 7.39. The molecule has 1 atom stereocenters. The zero-order valence-electron chi connectivity index (χ0n) is 24.0. The van der Waals surface area contributed by atoms with Gasteiger partial charge in [-0.1, -0.05) is 111 Å². The minimum absolute atomic E-state index is 0.157. The molecule has 0 aliphatic rings. The fourth-order valence-electron chi connectivity index (χ4n) is 4.62. The van der Waals surface area contributed by atoms with Crippen molar-refractivity contribution in [3.05, 3.63) is 42.2 Å². The highest BCUT2D eigenvalue weighted by molar-refractivity contribution is 5.72. The van der Waals surface area contributed by atoms with E-state index in [9.17, 15) is 4.79 Å². The summed E-state index contributed by atoms with van der Waals surface area (Å²) in [5.41, 5.74) is 2.14. The van der Waals surface area contributed by atoms with E-state index >= 15 is 0 Å². The van der Waals surface area contributed by atoms with E-state index in [0.29, 0.717) is 18.0 Å². The van der Waals surface area contributed by atoms with Gasteiger partial charge in [-0.3, -0.25) is 4.79 Å². The first kappa shape index (κ1) is 31.0. The molecule has 4 nitrogen and oxygen atoms in total. The molecule has 1 aromatic carbocycles. The zero-order valence-corrected chi connectivity index (χ0v) is 24.0. The quantitative estimate of drug-likeness (QED) is 0.0956. The monoisotopic (exact) mass is 508 g/mol. The van der Waals surface area contributed by atoms with E-state index in [1.165, 1.54) is 95.5 Å². The van der Waals surface area contributed by atoms with Gasteiger partial charge in [0.15, 0.2) is 5.82 Å². The number of nitrogens with zero attached hydrogens (tertiary/aromatic N) is 2. The Bertz CT molecular complexity index is 832. The molecule has 0 N–H and O–H groups in total. The highest BCUT2D eigenvalue weighted by atomic mass is 16.5. The molecule has 0 spiro atoms. The van der Waals surface area contributed by atoms with Crippen LogP contribution in [0.1, 0.15) is 135 Å². The van der Waals surface area contributed by atoms with Gasteiger partial charge in [0.1, 0.15) is 5.75 Å². The first-order valence-electron chi connectivity index (χ1n) is 15.2. The summed E-state index contributed by atoms with van der Waals surface area (Å²) >= 11 is 0. The van der Waals surface area contributed by atoms with Gasteiger partial charge < -0.3 is 4.74 Å². The molecule has 37 heavy (non-hydrogen) atoms. The lowest BCUT2D eigenvalue weighted by molar-refractivity contribution is -0.134. The number of ether oxygens (including phenoxy) is 1. The number of hydrogen-bond donors (Lipinski definition) is 0. The topological polar surface area (TPSA) is 52.1 Å². The standard InChI is InChI=1S/C33H52N2O2/c1-4-6-7-8-9-10-11-12-13-14-15-16-20-29-26-34-33(35-27-29)30-22-24-31(25-23-30)37-32(36)21-18-17-19-28(3)5-2/h22-28H,4-21H2,1-3H3/t28-/m0/s1. The predicted octanol–water partition coefficient (Wildman–Crippen LogP) is 9.90. The normalized spacial score (nSPS) is 12.0. The molecule has 0 aliphatic heterocycles. The molecule has 2 aromatic rings. The van der Waals surface area contributed by atoms with E-state index in [2.05, 4.69) is 30.7 Å². The van der Waals surface area contributed by atoms with Gasteiger partial charge in [-0.05, 0) is 55.0 Å². The van der Waals surface area contributed by atoms with E-state index in [-0.39, 0.29) is 5.97 Å². The minimum atomic E-state index is -0.157. The maximum absolute atomic E-state index is 12.1. The number of unbranched alkanes of at least 4 members (excludes halogenated alkanes) is 12. The SMILES string of the molecule is CCCCCCCCCCCCCCc1cnc(-c2ccc(OC(=O)CCCC[C@@H](C)CC)cc2)nc1. The summed E-state index contributed by atoms with van der Waals surface area (Å²) in [5.74, 6) is 1.87. The van der Waals surface area contributed by atoms with Gasteiger partial charge in [-0.15, -0.1) is 0 Å². The molecule has 1 heterocycles. The highest BCUT2D eigenvalue weighted by Gasteiger charge is 2.08. The number of hydrogen-bond acceptors (Lipinski definition) is 4. The number of carbonyl (C=O) groups is 1. The molecule has 0 aliphatic carbocycles. The maximum atomic E-state index is 12.1. The lowest BCUT2D eigenvalue weighted by Crippen LogP contribution is -2.07. The van der Waals surface area contributed by atoms with Crippen molar-refractivity contribution in [2.75, 3.05) is 0 Å². The van der Waals surface area contributed by atoms with Crippen LogP contribution in [0.5, 0.6) is 5.75 Å². The fourth-order valence-corrected chi connectivity index (χ4v) is 4.62. The van der Waals surface area contributed by atoms with Crippen molar-refractivity contribution in [1.82, 2.24) is 9.97 Å². The molecular formula is C33H52N2O2. The largest absolute Gasteiger partial charge is 0.427 e. The van der Waals surface area contributed by atoms with E-state index in [1.807, 2.05) is 36.7 Å². The van der Waals surface area contributed by atoms with Gasteiger partial charge in [-0.2, -0.15) is 0 Å². The molecule has 0 saturated carbocycles. The average molecular weight is 509 g/mol. The molecule has 2 rings (SSSR count). The molecule has 0 fully saturated rings. The molecule has 0 amide bonds. The van der Waals surface area contributed by atoms with Crippen molar-refractivity contribution < 1.29 is 9.53 Å². The van der Waals surface area contributed by atoms with Crippen LogP contribution in [0, 0.1) is 5.92 Å². The average Bonchev–Trinajstić information content (AvgIpc) is 2.92. The van der Waals surface area contributed by atoms with Crippen LogP contribution in [-0.4, -0.2) is 15.9 Å².